The fraction of sp³-hybridized carbons (Fsp3) is 0.333. The van der Waals surface area contributed by atoms with Gasteiger partial charge in [-0.15, -0.1) is 0 Å². The molecule has 2 aliphatic rings. The molecule has 1 aliphatic carbocycles. The fourth-order valence-electron chi connectivity index (χ4n) is 4.74. The largest absolute Gasteiger partial charge is 0.497 e. The maximum absolute atomic E-state index is 13.1. The number of aromatic amines is 1. The lowest BCUT2D eigenvalue weighted by molar-refractivity contribution is -0.126. The van der Waals surface area contributed by atoms with Crippen LogP contribution in [0.3, 0.4) is 0 Å². The molecule has 0 saturated heterocycles. The van der Waals surface area contributed by atoms with Gasteiger partial charge in [0.05, 0.1) is 13.2 Å². The Morgan fingerprint density at radius 3 is 2.90 bits per heavy atom. The number of amides is 2. The summed E-state index contributed by atoms with van der Waals surface area (Å²) in [5, 5.41) is 4.35. The minimum atomic E-state index is -0.528. The maximum atomic E-state index is 13.1. The monoisotopic (exact) mass is 403 g/mol. The van der Waals surface area contributed by atoms with Crippen LogP contribution in [0.5, 0.6) is 5.75 Å². The fourth-order valence-corrected chi connectivity index (χ4v) is 4.74. The number of fused-ring (bicyclic) bond motifs is 4. The van der Waals surface area contributed by atoms with E-state index in [0.29, 0.717) is 12.1 Å². The first-order valence-corrected chi connectivity index (χ1v) is 10.4. The summed E-state index contributed by atoms with van der Waals surface area (Å²) in [6.07, 6.45) is 2.86. The number of rotatable bonds is 4. The molecular formula is C24H25N3O3. The number of ether oxygens (including phenoxy) is 1. The Morgan fingerprint density at radius 2 is 2.10 bits per heavy atom. The Kier molecular flexibility index (Phi) is 4.50. The van der Waals surface area contributed by atoms with E-state index in [1.165, 1.54) is 5.56 Å². The lowest BCUT2D eigenvalue weighted by Crippen LogP contribution is -2.46. The van der Waals surface area contributed by atoms with Gasteiger partial charge in [-0.1, -0.05) is 18.2 Å². The molecule has 6 nitrogen and oxygen atoms in total. The summed E-state index contributed by atoms with van der Waals surface area (Å²) in [6.45, 7) is 2.28. The van der Waals surface area contributed by atoms with Crippen LogP contribution in [-0.4, -0.2) is 34.8 Å². The van der Waals surface area contributed by atoms with Gasteiger partial charge in [-0.05, 0) is 61.6 Å². The van der Waals surface area contributed by atoms with Crippen LogP contribution in [0.15, 0.2) is 42.5 Å². The van der Waals surface area contributed by atoms with E-state index in [4.69, 9.17) is 4.74 Å². The predicted molar refractivity (Wildman–Crippen MR) is 114 cm³/mol. The molecule has 3 aromatic rings. The van der Waals surface area contributed by atoms with Crippen molar-refractivity contribution in [2.24, 2.45) is 0 Å². The number of nitrogens with one attached hydrogen (secondary N) is 2. The summed E-state index contributed by atoms with van der Waals surface area (Å²) < 4.78 is 5.38. The molecule has 0 radical (unpaired) electrons. The molecule has 2 heterocycles. The van der Waals surface area contributed by atoms with E-state index >= 15 is 0 Å². The molecule has 154 valence electrons. The number of nitrogens with zero attached hydrogens (tertiary/aromatic N) is 1. The van der Waals surface area contributed by atoms with Crippen molar-refractivity contribution < 1.29 is 14.3 Å². The zero-order chi connectivity index (χ0) is 20.8. The van der Waals surface area contributed by atoms with Gasteiger partial charge in [-0.25, -0.2) is 0 Å². The van der Waals surface area contributed by atoms with Crippen LogP contribution in [0, 0.1) is 0 Å². The average Bonchev–Trinajstić information content (AvgIpc) is 3.31. The first kappa shape index (κ1) is 18.7. The minimum absolute atomic E-state index is 0.0738. The van der Waals surface area contributed by atoms with Crippen molar-refractivity contribution in [3.05, 3.63) is 64.8 Å². The summed E-state index contributed by atoms with van der Waals surface area (Å²) in [7, 11) is 1.67. The van der Waals surface area contributed by atoms with Crippen LogP contribution in [0.2, 0.25) is 0 Å². The van der Waals surface area contributed by atoms with E-state index in [-0.39, 0.29) is 17.9 Å². The molecular weight excluding hydrogens is 378 g/mol. The van der Waals surface area contributed by atoms with Crippen LogP contribution < -0.4 is 10.1 Å². The first-order valence-electron chi connectivity index (χ1n) is 10.4. The topological polar surface area (TPSA) is 74.4 Å². The third-order valence-electron chi connectivity index (χ3n) is 6.43. The molecule has 1 aliphatic heterocycles. The number of hydrogen-bond acceptors (Lipinski definition) is 3. The van der Waals surface area contributed by atoms with Crippen LogP contribution >= 0.6 is 0 Å². The summed E-state index contributed by atoms with van der Waals surface area (Å²) in [5.41, 5.74) is 5.05. The normalized spacial score (nSPS) is 18.8. The van der Waals surface area contributed by atoms with Crippen molar-refractivity contribution in [3.63, 3.8) is 0 Å². The molecule has 0 spiro atoms. The number of H-pyrrole nitrogens is 1. The predicted octanol–water partition coefficient (Wildman–Crippen LogP) is 3.71. The summed E-state index contributed by atoms with van der Waals surface area (Å²) in [6, 6.07) is 13.0. The number of aromatic nitrogens is 1. The molecule has 2 aromatic carbocycles. The molecule has 2 atom stereocenters. The van der Waals surface area contributed by atoms with Gasteiger partial charge in [0.25, 0.3) is 5.91 Å². The highest BCUT2D eigenvalue weighted by Gasteiger charge is 2.35. The molecule has 1 unspecified atom stereocenters. The standard InChI is InChI=1S/C24H25N3O3/c1-14(27-13-15-6-3-4-7-17(15)24(27)29)23(28)26-21-9-5-8-18-19-12-16(30-2)10-11-20(19)25-22(18)21/h3-4,6-7,10-12,14,21,25H,5,8-9,13H2,1-2H3,(H,26,28)/t14-,21?/m0/s1. The van der Waals surface area contributed by atoms with E-state index in [1.807, 2.05) is 36.4 Å². The Balaban J connectivity index is 1.37. The van der Waals surface area contributed by atoms with E-state index in [0.717, 1.165) is 47.2 Å². The van der Waals surface area contributed by atoms with Crippen molar-refractivity contribution >= 4 is 22.7 Å². The van der Waals surface area contributed by atoms with Crippen LogP contribution in [0.25, 0.3) is 10.9 Å². The number of benzene rings is 2. The third-order valence-corrected chi connectivity index (χ3v) is 6.43. The Labute approximate surface area is 175 Å². The van der Waals surface area contributed by atoms with Crippen LogP contribution in [-0.2, 0) is 17.8 Å². The summed E-state index contributed by atoms with van der Waals surface area (Å²) >= 11 is 0. The molecule has 1 aromatic heterocycles. The highest BCUT2D eigenvalue weighted by Crippen LogP contribution is 2.36. The Bertz CT molecular complexity index is 1150. The van der Waals surface area contributed by atoms with Gasteiger partial charge in [-0.3, -0.25) is 9.59 Å². The molecule has 0 saturated carbocycles. The Morgan fingerprint density at radius 1 is 1.27 bits per heavy atom. The second kappa shape index (κ2) is 7.20. The second-order valence-electron chi connectivity index (χ2n) is 8.15. The number of carbonyl (C=O) groups excluding carboxylic acids is 2. The summed E-state index contributed by atoms with van der Waals surface area (Å²) in [5.74, 6) is 0.636. The summed E-state index contributed by atoms with van der Waals surface area (Å²) in [4.78, 5) is 31.0. The molecule has 2 N–H and O–H groups in total. The molecule has 30 heavy (non-hydrogen) atoms. The van der Waals surface area contributed by atoms with Gasteiger partial charge in [0.15, 0.2) is 0 Å². The van der Waals surface area contributed by atoms with Crippen LogP contribution in [0.1, 0.15) is 53.0 Å². The third kappa shape index (κ3) is 2.95. The lowest BCUT2D eigenvalue weighted by atomic mass is 9.91. The van der Waals surface area contributed by atoms with Crippen molar-refractivity contribution in [1.82, 2.24) is 15.2 Å². The average molecular weight is 403 g/mol. The number of hydrogen-bond donors (Lipinski definition) is 2. The van der Waals surface area contributed by atoms with Crippen molar-refractivity contribution in [1.29, 1.82) is 0 Å². The SMILES string of the molecule is COc1ccc2[nH]c3c(c2c1)CCCC3NC(=O)[C@H](C)N1Cc2ccccc2C1=O. The molecule has 2 amide bonds. The molecule has 0 bridgehead atoms. The molecule has 5 rings (SSSR count). The van der Waals surface area contributed by atoms with Crippen molar-refractivity contribution in [2.75, 3.05) is 7.11 Å². The van der Waals surface area contributed by atoms with Crippen LogP contribution in [0.4, 0.5) is 0 Å². The number of methoxy groups -OCH3 is 1. The minimum Gasteiger partial charge on any atom is -0.497 e. The quantitative estimate of drug-likeness (QED) is 0.697. The number of aryl methyl sites for hydroxylation is 1. The first-order chi connectivity index (χ1) is 14.6. The van der Waals surface area contributed by atoms with E-state index < -0.39 is 6.04 Å². The Hall–Kier alpha value is -3.28. The second-order valence-corrected chi connectivity index (χ2v) is 8.15. The van der Waals surface area contributed by atoms with E-state index in [1.54, 1.807) is 18.9 Å². The highest BCUT2D eigenvalue weighted by molar-refractivity contribution is 6.01. The van der Waals surface area contributed by atoms with Gasteiger partial charge < -0.3 is 19.9 Å². The van der Waals surface area contributed by atoms with Gasteiger partial charge in [-0.2, -0.15) is 0 Å². The van der Waals surface area contributed by atoms with Gasteiger partial charge in [0, 0.05) is 28.7 Å². The zero-order valence-corrected chi connectivity index (χ0v) is 17.2. The van der Waals surface area contributed by atoms with Gasteiger partial charge >= 0.3 is 0 Å². The van der Waals surface area contributed by atoms with Crippen molar-refractivity contribution in [3.8, 4) is 5.75 Å². The highest BCUT2D eigenvalue weighted by atomic mass is 16.5. The maximum Gasteiger partial charge on any atom is 0.255 e. The lowest BCUT2D eigenvalue weighted by Gasteiger charge is -2.28. The zero-order valence-electron chi connectivity index (χ0n) is 17.2. The molecule has 6 heteroatoms. The number of carbonyl (C=O) groups is 2. The van der Waals surface area contributed by atoms with E-state index in [9.17, 15) is 9.59 Å². The van der Waals surface area contributed by atoms with Gasteiger partial charge in [0.1, 0.15) is 11.8 Å². The smallest absolute Gasteiger partial charge is 0.255 e. The van der Waals surface area contributed by atoms with Crippen molar-refractivity contribution in [2.45, 2.75) is 44.8 Å². The van der Waals surface area contributed by atoms with E-state index in [2.05, 4.69) is 16.4 Å². The van der Waals surface area contributed by atoms with Gasteiger partial charge in [0.2, 0.25) is 5.91 Å². The molecule has 0 fully saturated rings.